The van der Waals surface area contributed by atoms with E-state index in [0.717, 1.165) is 51.4 Å². The smallest absolute Gasteiger partial charge is 0.312 e. The Balaban J connectivity index is 1.56. The molecule has 5 rings (SSSR count). The second-order valence-corrected chi connectivity index (χ2v) is 15.6. The third-order valence-electron chi connectivity index (χ3n) is 14.2. The maximum Gasteiger partial charge on any atom is 0.312 e. The highest BCUT2D eigenvalue weighted by Crippen LogP contribution is 2.76. The van der Waals surface area contributed by atoms with E-state index in [1.165, 1.54) is 14.0 Å². The summed E-state index contributed by atoms with van der Waals surface area (Å²) in [6.45, 7) is 18.1. The van der Waals surface area contributed by atoms with Crippen LogP contribution in [0.4, 0.5) is 0 Å². The molecule has 38 heavy (non-hydrogen) atoms. The fourth-order valence-electron chi connectivity index (χ4n) is 11.9. The quantitative estimate of drug-likeness (QED) is 0.361. The van der Waals surface area contributed by atoms with Crippen LogP contribution in [0.2, 0.25) is 0 Å². The van der Waals surface area contributed by atoms with Crippen molar-refractivity contribution in [1.82, 2.24) is 0 Å². The van der Waals surface area contributed by atoms with Gasteiger partial charge in [-0.15, -0.1) is 0 Å². The molecule has 0 saturated heterocycles. The minimum absolute atomic E-state index is 0.0269. The third-order valence-corrected chi connectivity index (χ3v) is 14.2. The molecule has 0 aromatic heterocycles. The molecule has 0 N–H and O–H groups in total. The van der Waals surface area contributed by atoms with Gasteiger partial charge in [-0.2, -0.15) is 0 Å². The minimum atomic E-state index is -0.519. The average molecular weight is 529 g/mol. The summed E-state index contributed by atoms with van der Waals surface area (Å²) in [6.07, 6.45) is 8.24. The Morgan fingerprint density at radius 2 is 1.53 bits per heavy atom. The van der Waals surface area contributed by atoms with Gasteiger partial charge in [0.25, 0.3) is 0 Å². The lowest BCUT2D eigenvalue weighted by Crippen LogP contribution is -2.70. The molecular weight excluding hydrogens is 476 g/mol. The summed E-state index contributed by atoms with van der Waals surface area (Å²) >= 11 is 0. The van der Waals surface area contributed by atoms with Crippen molar-refractivity contribution in [3.05, 3.63) is 0 Å². The van der Waals surface area contributed by atoms with Gasteiger partial charge in [-0.1, -0.05) is 48.5 Å². The second kappa shape index (κ2) is 8.80. The number of carbonyl (C=O) groups is 3. The molecule has 5 aliphatic rings. The largest absolute Gasteiger partial charge is 0.469 e. The van der Waals surface area contributed by atoms with Crippen molar-refractivity contribution >= 4 is 17.7 Å². The van der Waals surface area contributed by atoms with E-state index in [1.54, 1.807) is 0 Å². The molecule has 0 aromatic carbocycles. The molecule has 0 aliphatic heterocycles. The normalized spacial score (nSPS) is 51.5. The van der Waals surface area contributed by atoms with E-state index in [-0.39, 0.29) is 51.5 Å². The van der Waals surface area contributed by atoms with Crippen molar-refractivity contribution in [2.75, 3.05) is 7.11 Å². The predicted octanol–water partition coefficient (Wildman–Crippen LogP) is 7.01. The van der Waals surface area contributed by atoms with Crippen LogP contribution in [-0.4, -0.2) is 30.9 Å². The van der Waals surface area contributed by atoms with Gasteiger partial charge in [-0.3, -0.25) is 14.4 Å². The summed E-state index contributed by atoms with van der Waals surface area (Å²) in [5.74, 6) is 1.64. The summed E-state index contributed by atoms with van der Waals surface area (Å²) in [4.78, 5) is 40.0. The summed E-state index contributed by atoms with van der Waals surface area (Å²) in [7, 11) is 1.53. The molecule has 11 atom stereocenters. The molecule has 0 heterocycles. The third kappa shape index (κ3) is 3.44. The van der Waals surface area contributed by atoms with Crippen LogP contribution in [-0.2, 0) is 23.9 Å². The van der Waals surface area contributed by atoms with Gasteiger partial charge in [-0.25, -0.2) is 0 Å². The van der Waals surface area contributed by atoms with Gasteiger partial charge in [0.05, 0.1) is 12.5 Å². The number of esters is 2. The number of methoxy groups -OCH3 is 1. The molecule has 0 amide bonds. The van der Waals surface area contributed by atoms with E-state index in [2.05, 4.69) is 48.5 Å². The lowest BCUT2D eigenvalue weighted by atomic mass is 9.31. The Hall–Kier alpha value is -1.39. The van der Waals surface area contributed by atoms with Crippen LogP contribution in [0.1, 0.15) is 113 Å². The van der Waals surface area contributed by atoms with Crippen molar-refractivity contribution in [3.63, 3.8) is 0 Å². The SMILES string of the molecule is COC(=O)[C@]12CC[C@@H](C)[C@H](C)[C@H]1[C@H]1C(=O)C[C@@H]3[C@@]4(C)CC[C@H](OC(C)=O)C(C)(C)[C@@H]4CC[C@@]3(C)[C@]1(C)CC2. The molecule has 5 nitrogen and oxygen atoms in total. The fraction of sp³-hybridized carbons (Fsp3) is 0.909. The number of fused-ring (bicyclic) bond motifs is 7. The molecule has 0 bridgehead atoms. The number of hydrogen-bond donors (Lipinski definition) is 0. The first-order valence-electron chi connectivity index (χ1n) is 15.4. The minimum Gasteiger partial charge on any atom is -0.469 e. The molecule has 214 valence electrons. The molecule has 5 fully saturated rings. The van der Waals surface area contributed by atoms with Crippen molar-refractivity contribution in [2.24, 2.45) is 62.6 Å². The Labute approximate surface area is 230 Å². The Morgan fingerprint density at radius 3 is 2.16 bits per heavy atom. The van der Waals surface area contributed by atoms with Crippen LogP contribution in [0, 0.1) is 62.6 Å². The molecule has 5 heteroatoms. The lowest BCUT2D eigenvalue weighted by molar-refractivity contribution is -0.250. The highest BCUT2D eigenvalue weighted by atomic mass is 16.5. The van der Waals surface area contributed by atoms with Crippen LogP contribution in [0.25, 0.3) is 0 Å². The average Bonchev–Trinajstić information content (AvgIpc) is 2.84. The zero-order valence-corrected chi connectivity index (χ0v) is 25.4. The number of ether oxygens (including phenoxy) is 2. The standard InChI is InChI=1S/C33H52O5/c1-19-10-15-33(28(36)37-9)17-16-32(8)27(26(33)20(19)2)22(35)18-24-30(6)13-12-25(38-21(3)34)29(4,5)23(30)11-14-31(24,32)7/h19-20,23-27H,10-18H2,1-9H3/t19-,20+,23+,24-,25+,26+,27-,30+,31-,32-,33+/m1/s1. The first kappa shape index (κ1) is 28.1. The topological polar surface area (TPSA) is 69.7 Å². The van der Waals surface area contributed by atoms with Gasteiger partial charge >= 0.3 is 11.9 Å². The van der Waals surface area contributed by atoms with Gasteiger partial charge < -0.3 is 9.47 Å². The summed E-state index contributed by atoms with van der Waals surface area (Å²) in [5, 5.41) is 0. The maximum atomic E-state index is 14.6. The molecule has 0 aromatic rings. The number of rotatable bonds is 2. The molecule has 5 aliphatic carbocycles. The molecule has 0 spiro atoms. The molecule has 5 saturated carbocycles. The predicted molar refractivity (Wildman–Crippen MR) is 147 cm³/mol. The van der Waals surface area contributed by atoms with Crippen molar-refractivity contribution < 1.29 is 23.9 Å². The van der Waals surface area contributed by atoms with Crippen molar-refractivity contribution in [2.45, 2.75) is 119 Å². The van der Waals surface area contributed by atoms with Gasteiger partial charge in [0.1, 0.15) is 11.9 Å². The van der Waals surface area contributed by atoms with Gasteiger partial charge in [0.2, 0.25) is 0 Å². The van der Waals surface area contributed by atoms with Gasteiger partial charge in [-0.05, 0) is 97.2 Å². The Bertz CT molecular complexity index is 1020. The fourth-order valence-corrected chi connectivity index (χ4v) is 11.9. The first-order valence-corrected chi connectivity index (χ1v) is 15.4. The van der Waals surface area contributed by atoms with Gasteiger partial charge in [0, 0.05) is 24.7 Å². The number of ketones is 1. The highest BCUT2D eigenvalue weighted by molar-refractivity contribution is 5.87. The zero-order valence-electron chi connectivity index (χ0n) is 25.4. The lowest BCUT2D eigenvalue weighted by Gasteiger charge is -2.73. The Kier molecular flexibility index (Phi) is 6.52. The van der Waals surface area contributed by atoms with Crippen molar-refractivity contribution in [3.8, 4) is 0 Å². The van der Waals surface area contributed by atoms with E-state index in [1.807, 2.05) is 0 Å². The zero-order chi connectivity index (χ0) is 28.1. The Morgan fingerprint density at radius 1 is 0.842 bits per heavy atom. The summed E-state index contributed by atoms with van der Waals surface area (Å²) < 4.78 is 11.3. The maximum absolute atomic E-state index is 14.6. The molecular formula is C33H52O5. The number of Topliss-reactive ketones (excluding diaryl/α,β-unsaturated/α-hetero) is 1. The monoisotopic (exact) mass is 528 g/mol. The molecule has 0 radical (unpaired) electrons. The van der Waals surface area contributed by atoms with Crippen LogP contribution >= 0.6 is 0 Å². The van der Waals surface area contributed by atoms with Gasteiger partial charge in [0.15, 0.2) is 0 Å². The first-order chi connectivity index (χ1) is 17.6. The van der Waals surface area contributed by atoms with Crippen molar-refractivity contribution in [1.29, 1.82) is 0 Å². The summed E-state index contributed by atoms with van der Waals surface area (Å²) in [6, 6.07) is 0. The van der Waals surface area contributed by atoms with E-state index < -0.39 is 5.41 Å². The number of carbonyl (C=O) groups excluding carboxylic acids is 3. The van der Waals surface area contributed by atoms with Crippen LogP contribution in [0.3, 0.4) is 0 Å². The highest BCUT2D eigenvalue weighted by Gasteiger charge is 2.73. The van der Waals surface area contributed by atoms with E-state index in [0.29, 0.717) is 35.9 Å². The van der Waals surface area contributed by atoms with Crippen LogP contribution in [0.5, 0.6) is 0 Å². The molecule has 0 unspecified atom stereocenters. The van der Waals surface area contributed by atoms with E-state index in [9.17, 15) is 14.4 Å². The summed E-state index contributed by atoms with van der Waals surface area (Å²) in [5.41, 5.74) is -0.718. The number of hydrogen-bond acceptors (Lipinski definition) is 5. The van der Waals surface area contributed by atoms with Crippen LogP contribution in [0.15, 0.2) is 0 Å². The van der Waals surface area contributed by atoms with E-state index >= 15 is 0 Å². The van der Waals surface area contributed by atoms with Crippen LogP contribution < -0.4 is 0 Å². The van der Waals surface area contributed by atoms with E-state index in [4.69, 9.17) is 9.47 Å². The second-order valence-electron chi connectivity index (χ2n) is 15.6.